The van der Waals surface area contributed by atoms with E-state index in [0.29, 0.717) is 12.5 Å². The second-order valence-electron chi connectivity index (χ2n) is 4.20. The summed E-state index contributed by atoms with van der Waals surface area (Å²) in [4.78, 5) is 4.56. The zero-order valence-electron chi connectivity index (χ0n) is 9.99. The fraction of sp³-hybridized carbons (Fsp3) is 0.500. The highest BCUT2D eigenvalue weighted by molar-refractivity contribution is 6.17. The average molecular weight is 252 g/mol. The molecule has 0 atom stereocenters. The van der Waals surface area contributed by atoms with Gasteiger partial charge in [-0.2, -0.15) is 0 Å². The minimum Gasteiger partial charge on any atom is -0.494 e. The first kappa shape index (κ1) is 12.4. The molecule has 0 aliphatic carbocycles. The summed E-state index contributed by atoms with van der Waals surface area (Å²) in [7, 11) is 0. The Hall–Kier alpha value is -1.02. The van der Waals surface area contributed by atoms with Crippen LogP contribution in [-0.2, 0) is 0 Å². The van der Waals surface area contributed by atoms with E-state index in [0.717, 1.165) is 25.1 Å². The lowest BCUT2D eigenvalue weighted by Crippen LogP contribution is -2.07. The third kappa shape index (κ3) is 3.74. The van der Waals surface area contributed by atoms with Gasteiger partial charge in [0.15, 0.2) is 0 Å². The molecule has 0 saturated heterocycles. The molecule has 0 unspecified atom stereocenters. The molecule has 0 spiro atoms. The lowest BCUT2D eigenvalue weighted by Gasteiger charge is -2.12. The zero-order valence-corrected chi connectivity index (χ0v) is 10.7. The van der Waals surface area contributed by atoms with Crippen LogP contribution in [0.1, 0.15) is 31.2 Å². The molecule has 1 aliphatic heterocycles. The van der Waals surface area contributed by atoms with Crippen molar-refractivity contribution in [3.05, 3.63) is 29.8 Å². The molecule has 1 aromatic carbocycles. The molecule has 1 aromatic rings. The van der Waals surface area contributed by atoms with Crippen LogP contribution in [0.4, 0.5) is 0 Å². The predicted octanol–water partition coefficient (Wildman–Crippen LogP) is 3.67. The van der Waals surface area contributed by atoms with Crippen LogP contribution in [0.3, 0.4) is 0 Å². The van der Waals surface area contributed by atoms with Gasteiger partial charge < -0.3 is 4.74 Å². The SMILES string of the molecule is ClCCCOc1ccc(C2=NCCCC2)cc1. The number of benzene rings is 1. The van der Waals surface area contributed by atoms with Crippen molar-refractivity contribution in [3.8, 4) is 5.75 Å². The lowest BCUT2D eigenvalue weighted by molar-refractivity contribution is 0.318. The first-order chi connectivity index (χ1) is 8.40. The number of ether oxygens (including phenoxy) is 1. The first-order valence-corrected chi connectivity index (χ1v) is 6.76. The Morgan fingerprint density at radius 2 is 2.00 bits per heavy atom. The van der Waals surface area contributed by atoms with Gasteiger partial charge in [0.2, 0.25) is 0 Å². The van der Waals surface area contributed by atoms with Crippen LogP contribution in [0.2, 0.25) is 0 Å². The fourth-order valence-electron chi connectivity index (χ4n) is 1.92. The van der Waals surface area contributed by atoms with E-state index in [-0.39, 0.29) is 0 Å². The maximum absolute atomic E-state index is 5.60. The number of nitrogens with zero attached hydrogens (tertiary/aromatic N) is 1. The third-order valence-corrected chi connectivity index (χ3v) is 3.13. The van der Waals surface area contributed by atoms with Crippen molar-refractivity contribution in [2.24, 2.45) is 4.99 Å². The van der Waals surface area contributed by atoms with E-state index in [1.807, 2.05) is 12.1 Å². The number of halogens is 1. The third-order valence-electron chi connectivity index (χ3n) is 2.86. The van der Waals surface area contributed by atoms with Crippen molar-refractivity contribution < 1.29 is 4.74 Å². The van der Waals surface area contributed by atoms with E-state index in [1.54, 1.807) is 0 Å². The Morgan fingerprint density at radius 1 is 1.18 bits per heavy atom. The van der Waals surface area contributed by atoms with Gasteiger partial charge >= 0.3 is 0 Å². The molecule has 1 heterocycles. The number of hydrogen-bond acceptors (Lipinski definition) is 2. The lowest BCUT2D eigenvalue weighted by atomic mass is 10.0. The molecule has 0 aromatic heterocycles. The van der Waals surface area contributed by atoms with E-state index in [1.165, 1.54) is 24.1 Å². The van der Waals surface area contributed by atoms with Crippen LogP contribution in [0, 0.1) is 0 Å². The summed E-state index contributed by atoms with van der Waals surface area (Å²) in [5.41, 5.74) is 2.47. The number of aliphatic imine (C=N–C) groups is 1. The summed E-state index contributed by atoms with van der Waals surface area (Å²) in [5.74, 6) is 1.56. The molecule has 92 valence electrons. The molecule has 0 saturated carbocycles. The minimum absolute atomic E-state index is 0.648. The van der Waals surface area contributed by atoms with Gasteiger partial charge in [0.25, 0.3) is 0 Å². The van der Waals surface area contributed by atoms with Crippen LogP contribution in [0.5, 0.6) is 5.75 Å². The van der Waals surface area contributed by atoms with E-state index in [2.05, 4.69) is 17.1 Å². The average Bonchev–Trinajstić information content (AvgIpc) is 2.41. The topological polar surface area (TPSA) is 21.6 Å². The fourth-order valence-corrected chi connectivity index (χ4v) is 2.03. The predicted molar refractivity (Wildman–Crippen MR) is 72.5 cm³/mol. The molecule has 0 N–H and O–H groups in total. The van der Waals surface area contributed by atoms with Gasteiger partial charge in [-0.1, -0.05) is 0 Å². The number of hydrogen-bond donors (Lipinski definition) is 0. The maximum Gasteiger partial charge on any atom is 0.119 e. The van der Waals surface area contributed by atoms with Crippen LogP contribution < -0.4 is 4.74 Å². The quantitative estimate of drug-likeness (QED) is 0.578. The molecule has 0 bridgehead atoms. The van der Waals surface area contributed by atoms with Crippen LogP contribution in [0.15, 0.2) is 29.3 Å². The molecule has 1 aliphatic rings. The molecule has 17 heavy (non-hydrogen) atoms. The summed E-state index contributed by atoms with van der Waals surface area (Å²) < 4.78 is 5.56. The van der Waals surface area contributed by atoms with Crippen molar-refractivity contribution in [2.45, 2.75) is 25.7 Å². The monoisotopic (exact) mass is 251 g/mol. The van der Waals surface area contributed by atoms with Gasteiger partial charge in [0.1, 0.15) is 5.75 Å². The zero-order chi connectivity index (χ0) is 11.9. The van der Waals surface area contributed by atoms with Crippen molar-refractivity contribution in [1.29, 1.82) is 0 Å². The maximum atomic E-state index is 5.60. The Kier molecular flexibility index (Phi) is 4.87. The smallest absolute Gasteiger partial charge is 0.119 e. The number of alkyl halides is 1. The Morgan fingerprint density at radius 3 is 2.65 bits per heavy atom. The van der Waals surface area contributed by atoms with Gasteiger partial charge in [-0.05, 0) is 55.5 Å². The van der Waals surface area contributed by atoms with Gasteiger partial charge in [-0.15, -0.1) is 11.6 Å². The molecule has 2 nitrogen and oxygen atoms in total. The normalized spacial score (nSPS) is 15.5. The van der Waals surface area contributed by atoms with Gasteiger partial charge in [0.05, 0.1) is 6.61 Å². The van der Waals surface area contributed by atoms with Gasteiger partial charge in [-0.3, -0.25) is 4.99 Å². The highest BCUT2D eigenvalue weighted by Gasteiger charge is 2.07. The Bertz CT molecular complexity index is 372. The molecule has 2 rings (SSSR count). The van der Waals surface area contributed by atoms with E-state index < -0.39 is 0 Å². The summed E-state index contributed by atoms with van der Waals surface area (Å²) >= 11 is 5.60. The molecule has 0 radical (unpaired) electrons. The Balaban J connectivity index is 1.95. The second-order valence-corrected chi connectivity index (χ2v) is 4.58. The largest absolute Gasteiger partial charge is 0.494 e. The molecule has 3 heteroatoms. The highest BCUT2D eigenvalue weighted by Crippen LogP contribution is 2.17. The molecular weight excluding hydrogens is 234 g/mol. The van der Waals surface area contributed by atoms with E-state index in [9.17, 15) is 0 Å². The van der Waals surface area contributed by atoms with E-state index in [4.69, 9.17) is 16.3 Å². The molecule has 0 fully saturated rings. The van der Waals surface area contributed by atoms with Crippen LogP contribution in [-0.4, -0.2) is 24.7 Å². The van der Waals surface area contributed by atoms with Crippen molar-refractivity contribution in [3.63, 3.8) is 0 Å². The molecular formula is C14H18ClNO. The standard InChI is InChI=1S/C14H18ClNO/c15-9-3-11-17-13-7-5-12(6-8-13)14-4-1-2-10-16-14/h5-8H,1-4,9-11H2. The Labute approximate surface area is 108 Å². The van der Waals surface area contributed by atoms with Crippen molar-refractivity contribution in [1.82, 2.24) is 0 Å². The van der Waals surface area contributed by atoms with Crippen molar-refractivity contribution in [2.75, 3.05) is 19.0 Å². The second kappa shape index (κ2) is 6.65. The highest BCUT2D eigenvalue weighted by atomic mass is 35.5. The molecule has 0 amide bonds. The summed E-state index contributed by atoms with van der Waals surface area (Å²) in [6.07, 6.45) is 4.47. The van der Waals surface area contributed by atoms with Gasteiger partial charge in [-0.25, -0.2) is 0 Å². The van der Waals surface area contributed by atoms with Crippen LogP contribution >= 0.6 is 11.6 Å². The summed E-state index contributed by atoms with van der Waals surface area (Å²) in [6, 6.07) is 8.22. The summed E-state index contributed by atoms with van der Waals surface area (Å²) in [5, 5.41) is 0. The van der Waals surface area contributed by atoms with Crippen molar-refractivity contribution >= 4 is 17.3 Å². The van der Waals surface area contributed by atoms with E-state index >= 15 is 0 Å². The first-order valence-electron chi connectivity index (χ1n) is 6.22. The summed E-state index contributed by atoms with van der Waals surface area (Å²) in [6.45, 7) is 1.66. The minimum atomic E-state index is 0.648. The van der Waals surface area contributed by atoms with Gasteiger partial charge in [0, 0.05) is 18.1 Å². The number of rotatable bonds is 5. The van der Waals surface area contributed by atoms with Crippen LogP contribution in [0.25, 0.3) is 0 Å².